The normalized spacial score (nSPS) is 11.8. The lowest BCUT2D eigenvalue weighted by Crippen LogP contribution is -2.36. The Morgan fingerprint density at radius 3 is 2.60 bits per heavy atom. The summed E-state index contributed by atoms with van der Waals surface area (Å²) in [5.74, 6) is 0. The SMILES string of the molecule is CCCN(CC(F)F)S(=O)(=O)c1cccc(Cl)c1C#N. The molecule has 0 heterocycles. The molecule has 1 aromatic carbocycles. The van der Waals surface area contributed by atoms with Crippen molar-refractivity contribution in [2.45, 2.75) is 24.7 Å². The van der Waals surface area contributed by atoms with E-state index in [2.05, 4.69) is 0 Å². The molecule has 0 aliphatic heterocycles. The Balaban J connectivity index is 3.34. The molecule has 0 saturated heterocycles. The Morgan fingerprint density at radius 2 is 2.10 bits per heavy atom. The van der Waals surface area contributed by atoms with Crippen LogP contribution in [0.15, 0.2) is 23.1 Å². The number of alkyl halides is 2. The zero-order valence-electron chi connectivity index (χ0n) is 10.7. The zero-order chi connectivity index (χ0) is 15.3. The predicted molar refractivity (Wildman–Crippen MR) is 71.2 cm³/mol. The molecule has 0 radical (unpaired) electrons. The van der Waals surface area contributed by atoms with Crippen LogP contribution in [-0.4, -0.2) is 32.2 Å². The van der Waals surface area contributed by atoms with Gasteiger partial charge in [0.25, 0.3) is 6.43 Å². The minimum Gasteiger partial charge on any atom is -0.209 e. The van der Waals surface area contributed by atoms with Gasteiger partial charge in [0.05, 0.1) is 17.1 Å². The number of nitrogens with zero attached hydrogens (tertiary/aromatic N) is 2. The molecule has 110 valence electrons. The summed E-state index contributed by atoms with van der Waals surface area (Å²) in [6.45, 7) is 0.717. The lowest BCUT2D eigenvalue weighted by molar-refractivity contribution is 0.119. The Hall–Kier alpha value is -1.23. The van der Waals surface area contributed by atoms with Crippen molar-refractivity contribution >= 4 is 21.6 Å². The highest BCUT2D eigenvalue weighted by Crippen LogP contribution is 2.26. The van der Waals surface area contributed by atoms with Crippen molar-refractivity contribution < 1.29 is 17.2 Å². The molecular weight excluding hydrogens is 310 g/mol. The van der Waals surface area contributed by atoms with Crippen LogP contribution in [0, 0.1) is 11.3 Å². The first-order valence-corrected chi connectivity index (χ1v) is 7.63. The van der Waals surface area contributed by atoms with Crippen LogP contribution < -0.4 is 0 Å². The van der Waals surface area contributed by atoms with Gasteiger partial charge in [0.15, 0.2) is 0 Å². The smallest absolute Gasteiger partial charge is 0.209 e. The highest BCUT2D eigenvalue weighted by Gasteiger charge is 2.29. The first kappa shape index (κ1) is 16.8. The van der Waals surface area contributed by atoms with Gasteiger partial charge in [-0.15, -0.1) is 0 Å². The van der Waals surface area contributed by atoms with Crippen molar-refractivity contribution in [1.82, 2.24) is 4.31 Å². The molecule has 0 saturated carbocycles. The number of hydrogen-bond donors (Lipinski definition) is 0. The molecule has 0 atom stereocenters. The van der Waals surface area contributed by atoms with Crippen LogP contribution in [0.4, 0.5) is 8.78 Å². The van der Waals surface area contributed by atoms with E-state index >= 15 is 0 Å². The van der Waals surface area contributed by atoms with E-state index in [0.717, 1.165) is 0 Å². The molecule has 0 unspecified atom stereocenters. The summed E-state index contributed by atoms with van der Waals surface area (Å²) in [5, 5.41) is 8.96. The van der Waals surface area contributed by atoms with Crippen LogP contribution in [0.1, 0.15) is 18.9 Å². The molecule has 1 rings (SSSR count). The molecule has 0 N–H and O–H groups in total. The Bertz CT molecular complexity index is 614. The van der Waals surface area contributed by atoms with Gasteiger partial charge < -0.3 is 0 Å². The summed E-state index contributed by atoms with van der Waals surface area (Å²) in [7, 11) is -4.18. The van der Waals surface area contributed by atoms with Crippen molar-refractivity contribution in [3.63, 3.8) is 0 Å². The van der Waals surface area contributed by atoms with Crippen molar-refractivity contribution in [2.75, 3.05) is 13.1 Å². The molecule has 0 spiro atoms. The van der Waals surface area contributed by atoms with Crippen molar-refractivity contribution in [3.05, 3.63) is 28.8 Å². The van der Waals surface area contributed by atoms with E-state index in [1.165, 1.54) is 18.2 Å². The van der Waals surface area contributed by atoms with Gasteiger partial charge >= 0.3 is 0 Å². The Labute approximate surface area is 121 Å². The summed E-state index contributed by atoms with van der Waals surface area (Å²) in [6.07, 6.45) is -2.41. The molecule has 0 bridgehead atoms. The number of benzene rings is 1. The quantitative estimate of drug-likeness (QED) is 0.809. The molecule has 0 amide bonds. The number of halogens is 3. The van der Waals surface area contributed by atoms with Crippen LogP contribution in [-0.2, 0) is 10.0 Å². The lowest BCUT2D eigenvalue weighted by atomic mass is 10.2. The van der Waals surface area contributed by atoms with Gasteiger partial charge in [-0.1, -0.05) is 24.6 Å². The average Bonchev–Trinajstić information content (AvgIpc) is 2.37. The largest absolute Gasteiger partial charge is 0.252 e. The third kappa shape index (κ3) is 3.66. The van der Waals surface area contributed by atoms with Gasteiger partial charge in [0.1, 0.15) is 11.0 Å². The van der Waals surface area contributed by atoms with E-state index in [1.54, 1.807) is 13.0 Å². The lowest BCUT2D eigenvalue weighted by Gasteiger charge is -2.21. The van der Waals surface area contributed by atoms with Crippen LogP contribution >= 0.6 is 11.6 Å². The van der Waals surface area contributed by atoms with Gasteiger partial charge in [-0.25, -0.2) is 17.2 Å². The first-order chi connectivity index (χ1) is 9.34. The van der Waals surface area contributed by atoms with Crippen molar-refractivity contribution in [1.29, 1.82) is 5.26 Å². The van der Waals surface area contributed by atoms with E-state index in [9.17, 15) is 17.2 Å². The topological polar surface area (TPSA) is 61.2 Å². The van der Waals surface area contributed by atoms with Gasteiger partial charge in [-0.2, -0.15) is 9.57 Å². The molecule has 0 fully saturated rings. The van der Waals surface area contributed by atoms with E-state index in [1.807, 2.05) is 0 Å². The minimum atomic E-state index is -4.18. The van der Waals surface area contributed by atoms with Crippen molar-refractivity contribution in [3.8, 4) is 6.07 Å². The Morgan fingerprint density at radius 1 is 1.45 bits per heavy atom. The second kappa shape index (κ2) is 6.97. The molecule has 20 heavy (non-hydrogen) atoms. The standard InChI is InChI=1S/C12H13ClF2N2O2S/c1-2-6-17(8-12(14)15)20(18,19)11-5-3-4-10(13)9(11)7-16/h3-5,12H,2,6,8H2,1H3. The fourth-order valence-corrected chi connectivity index (χ4v) is 3.63. The van der Waals surface area contributed by atoms with E-state index in [4.69, 9.17) is 16.9 Å². The summed E-state index contributed by atoms with van der Waals surface area (Å²) in [4.78, 5) is -0.346. The third-order valence-electron chi connectivity index (χ3n) is 2.52. The maximum Gasteiger partial charge on any atom is 0.252 e. The van der Waals surface area contributed by atoms with Crippen molar-refractivity contribution in [2.24, 2.45) is 0 Å². The van der Waals surface area contributed by atoms with Crippen LogP contribution in [0.5, 0.6) is 0 Å². The Kier molecular flexibility index (Phi) is 5.87. The average molecular weight is 323 g/mol. The zero-order valence-corrected chi connectivity index (χ0v) is 12.3. The van der Waals surface area contributed by atoms with Gasteiger partial charge in [0.2, 0.25) is 10.0 Å². The van der Waals surface area contributed by atoms with E-state index in [-0.39, 0.29) is 22.0 Å². The second-order valence-electron chi connectivity index (χ2n) is 3.98. The number of nitriles is 1. The fourth-order valence-electron chi connectivity index (χ4n) is 1.68. The summed E-state index contributed by atoms with van der Waals surface area (Å²) in [6, 6.07) is 5.62. The van der Waals surface area contributed by atoms with Crippen LogP contribution in [0.3, 0.4) is 0 Å². The summed E-state index contributed by atoms with van der Waals surface area (Å²) < 4.78 is 50.5. The molecule has 0 aliphatic carbocycles. The molecule has 0 aromatic heterocycles. The van der Waals surface area contributed by atoms with Gasteiger partial charge in [-0.05, 0) is 18.6 Å². The summed E-state index contributed by atoms with van der Waals surface area (Å²) >= 11 is 5.77. The first-order valence-electron chi connectivity index (χ1n) is 5.81. The highest BCUT2D eigenvalue weighted by molar-refractivity contribution is 7.89. The molecule has 8 heteroatoms. The van der Waals surface area contributed by atoms with Crippen LogP contribution in [0.25, 0.3) is 0 Å². The van der Waals surface area contributed by atoms with Gasteiger partial charge in [-0.3, -0.25) is 0 Å². The second-order valence-corrected chi connectivity index (χ2v) is 6.29. The maximum absolute atomic E-state index is 12.5. The van der Waals surface area contributed by atoms with Gasteiger partial charge in [0, 0.05) is 6.54 Å². The molecule has 4 nitrogen and oxygen atoms in total. The summed E-state index contributed by atoms with van der Waals surface area (Å²) in [5.41, 5.74) is -0.232. The predicted octanol–water partition coefficient (Wildman–Crippen LogP) is 2.88. The molecular formula is C12H13ClF2N2O2S. The number of rotatable bonds is 6. The van der Waals surface area contributed by atoms with E-state index < -0.39 is 23.0 Å². The minimum absolute atomic E-state index is 0.0259. The van der Waals surface area contributed by atoms with E-state index in [0.29, 0.717) is 10.7 Å². The molecule has 1 aromatic rings. The van der Waals surface area contributed by atoms with Crippen LogP contribution in [0.2, 0.25) is 5.02 Å². The monoisotopic (exact) mass is 322 g/mol. The third-order valence-corrected chi connectivity index (χ3v) is 4.74. The molecule has 0 aliphatic rings. The highest BCUT2D eigenvalue weighted by atomic mass is 35.5. The maximum atomic E-state index is 12.5. The number of sulfonamides is 1. The fraction of sp³-hybridized carbons (Fsp3) is 0.417. The number of hydrogen-bond acceptors (Lipinski definition) is 3.